The number of nitrogens with zero attached hydrogens (tertiary/aromatic N) is 6. The van der Waals surface area contributed by atoms with Crippen molar-refractivity contribution in [2.45, 2.75) is 53.2 Å². The Balaban J connectivity index is 0.000000188. The van der Waals surface area contributed by atoms with Crippen molar-refractivity contribution in [2.75, 3.05) is 55.6 Å². The van der Waals surface area contributed by atoms with Gasteiger partial charge in [0, 0.05) is 92.5 Å². The molecule has 0 radical (unpaired) electrons. The maximum absolute atomic E-state index is 12.2. The molecule has 0 spiro atoms. The standard InChI is InChI=1S/2C18H23N3O3/c1-18(2,3)24-17(23)21-10-8-20(9-11-21)16-6-7-19-15-12-13(22)4-5-14(15)16;1-18(2,3)16-11-20(8-9-21(16)17(23)24)15-6-7-19-14-10-12(22)4-5-13(14)15/h4-7,12,22H,8-11H2,1-3H3;4-7,10,16,22H,8-9,11H2,1-3H3,(H,23,24). The zero-order valence-corrected chi connectivity index (χ0v) is 28.6. The number of anilines is 2. The Morgan fingerprint density at radius 3 is 1.71 bits per heavy atom. The van der Waals surface area contributed by atoms with Crippen LogP contribution in [-0.4, -0.2) is 105 Å². The summed E-state index contributed by atoms with van der Waals surface area (Å²) in [6.07, 6.45) is 2.36. The minimum Gasteiger partial charge on any atom is -0.508 e. The number of phenols is 2. The lowest BCUT2D eigenvalue weighted by atomic mass is 9.84. The number of hydrogen-bond donors (Lipinski definition) is 3. The number of ether oxygens (including phenoxy) is 1. The van der Waals surface area contributed by atoms with Gasteiger partial charge < -0.3 is 39.7 Å². The molecular formula is C36H46N6O6. The van der Waals surface area contributed by atoms with Gasteiger partial charge in [-0.2, -0.15) is 0 Å². The van der Waals surface area contributed by atoms with Gasteiger partial charge in [-0.3, -0.25) is 9.97 Å². The lowest BCUT2D eigenvalue weighted by Crippen LogP contribution is -2.59. The van der Waals surface area contributed by atoms with E-state index in [0.717, 1.165) is 46.3 Å². The number of piperazine rings is 2. The maximum Gasteiger partial charge on any atom is 0.410 e. The maximum atomic E-state index is 12.2. The highest BCUT2D eigenvalue weighted by atomic mass is 16.6. The Morgan fingerprint density at radius 2 is 1.23 bits per heavy atom. The van der Waals surface area contributed by atoms with Crippen molar-refractivity contribution in [1.82, 2.24) is 19.8 Å². The first-order chi connectivity index (χ1) is 22.6. The molecule has 4 heterocycles. The normalized spacial score (nSPS) is 17.2. The van der Waals surface area contributed by atoms with Gasteiger partial charge in [-0.25, -0.2) is 9.59 Å². The second-order valence-electron chi connectivity index (χ2n) is 14.3. The lowest BCUT2D eigenvalue weighted by molar-refractivity contribution is 0.0240. The monoisotopic (exact) mass is 658 g/mol. The summed E-state index contributed by atoms with van der Waals surface area (Å²) in [4.78, 5) is 40.1. The van der Waals surface area contributed by atoms with Crippen molar-refractivity contribution in [1.29, 1.82) is 0 Å². The van der Waals surface area contributed by atoms with Gasteiger partial charge in [-0.05, 0) is 62.6 Å². The van der Waals surface area contributed by atoms with E-state index >= 15 is 0 Å². The molecule has 2 aromatic heterocycles. The molecule has 12 nitrogen and oxygen atoms in total. The number of carboxylic acid groups (broad SMARTS) is 1. The molecule has 2 aliphatic heterocycles. The molecule has 48 heavy (non-hydrogen) atoms. The fourth-order valence-electron chi connectivity index (χ4n) is 6.22. The summed E-state index contributed by atoms with van der Waals surface area (Å²) in [5, 5.41) is 30.7. The summed E-state index contributed by atoms with van der Waals surface area (Å²) < 4.78 is 5.43. The van der Waals surface area contributed by atoms with Crippen molar-refractivity contribution in [3.05, 3.63) is 60.9 Å². The van der Waals surface area contributed by atoms with Crippen LogP contribution in [0.25, 0.3) is 21.8 Å². The molecule has 3 N–H and O–H groups in total. The molecule has 4 aromatic rings. The number of phenolic OH excluding ortho intramolecular Hbond substituents is 2. The van der Waals surface area contributed by atoms with Crippen molar-refractivity contribution in [2.24, 2.45) is 5.41 Å². The minimum atomic E-state index is -0.862. The largest absolute Gasteiger partial charge is 0.508 e. The third-order valence-electron chi connectivity index (χ3n) is 8.65. The Hall–Kier alpha value is -5.00. The van der Waals surface area contributed by atoms with Gasteiger partial charge in [-0.1, -0.05) is 20.8 Å². The summed E-state index contributed by atoms with van der Waals surface area (Å²) in [5.74, 6) is 0.400. The van der Waals surface area contributed by atoms with Crippen LogP contribution in [0.1, 0.15) is 41.5 Å². The number of aromatic hydroxyl groups is 2. The quantitative estimate of drug-likeness (QED) is 0.229. The zero-order valence-electron chi connectivity index (χ0n) is 28.6. The topological polar surface area (TPSA) is 143 Å². The summed E-state index contributed by atoms with van der Waals surface area (Å²) in [7, 11) is 0. The minimum absolute atomic E-state index is 0.0934. The van der Waals surface area contributed by atoms with E-state index in [1.165, 1.54) is 0 Å². The van der Waals surface area contributed by atoms with E-state index in [1.54, 1.807) is 46.5 Å². The van der Waals surface area contributed by atoms with E-state index in [-0.39, 0.29) is 29.0 Å². The van der Waals surface area contributed by atoms with E-state index in [2.05, 4.69) is 40.5 Å². The predicted octanol–water partition coefficient (Wildman–Crippen LogP) is 6.15. The molecule has 1 atom stereocenters. The van der Waals surface area contributed by atoms with Crippen LogP contribution in [0.5, 0.6) is 11.5 Å². The Kier molecular flexibility index (Phi) is 9.74. The number of amides is 2. The van der Waals surface area contributed by atoms with Crippen LogP contribution in [0.2, 0.25) is 0 Å². The number of carbonyl (C=O) groups is 2. The molecule has 2 aromatic carbocycles. The zero-order chi connectivity index (χ0) is 34.8. The third kappa shape index (κ3) is 7.92. The van der Waals surface area contributed by atoms with Crippen LogP contribution in [0.15, 0.2) is 60.9 Å². The molecule has 12 heteroatoms. The Labute approximate surface area is 281 Å². The van der Waals surface area contributed by atoms with Crippen molar-refractivity contribution in [3.8, 4) is 11.5 Å². The second kappa shape index (κ2) is 13.6. The number of carbonyl (C=O) groups excluding carboxylic acids is 1. The van der Waals surface area contributed by atoms with Gasteiger partial charge in [0.1, 0.15) is 17.1 Å². The molecular weight excluding hydrogens is 612 g/mol. The van der Waals surface area contributed by atoms with E-state index in [1.807, 2.05) is 45.0 Å². The first-order valence-electron chi connectivity index (χ1n) is 16.2. The highest BCUT2D eigenvalue weighted by Gasteiger charge is 2.38. The van der Waals surface area contributed by atoms with Crippen LogP contribution in [0.3, 0.4) is 0 Å². The van der Waals surface area contributed by atoms with Crippen LogP contribution in [-0.2, 0) is 4.74 Å². The number of fused-ring (bicyclic) bond motifs is 2. The second-order valence-corrected chi connectivity index (χ2v) is 14.3. The number of pyridine rings is 2. The van der Waals surface area contributed by atoms with Crippen LogP contribution in [0.4, 0.5) is 21.0 Å². The van der Waals surface area contributed by atoms with Crippen LogP contribution >= 0.6 is 0 Å². The van der Waals surface area contributed by atoms with E-state index in [9.17, 15) is 24.9 Å². The summed E-state index contributed by atoms with van der Waals surface area (Å²) >= 11 is 0. The molecule has 0 aliphatic carbocycles. The first kappa shape index (κ1) is 34.3. The number of hydrogen-bond acceptors (Lipinski definition) is 9. The third-order valence-corrected chi connectivity index (χ3v) is 8.65. The molecule has 6 rings (SSSR count). The smallest absolute Gasteiger partial charge is 0.410 e. The summed E-state index contributed by atoms with van der Waals surface area (Å²) in [6, 6.07) is 14.2. The lowest BCUT2D eigenvalue weighted by Gasteiger charge is -2.46. The summed E-state index contributed by atoms with van der Waals surface area (Å²) in [5.41, 5.74) is 2.97. The van der Waals surface area contributed by atoms with Gasteiger partial charge in [0.05, 0.1) is 17.1 Å². The number of aromatic nitrogens is 2. The fraction of sp³-hybridized carbons (Fsp3) is 0.444. The van der Waals surface area contributed by atoms with Gasteiger partial charge in [0.25, 0.3) is 0 Å². The number of benzene rings is 2. The summed E-state index contributed by atoms with van der Waals surface area (Å²) in [6.45, 7) is 16.3. The van der Waals surface area contributed by atoms with E-state index in [0.29, 0.717) is 32.7 Å². The molecule has 1 unspecified atom stereocenters. The van der Waals surface area contributed by atoms with Gasteiger partial charge in [0.15, 0.2) is 0 Å². The SMILES string of the molecule is CC(C)(C)C1CN(c2ccnc3cc(O)ccc23)CCN1C(=O)O.CC(C)(C)OC(=O)N1CCN(c2ccnc3cc(O)ccc23)CC1. The van der Waals surface area contributed by atoms with E-state index < -0.39 is 11.7 Å². The first-order valence-corrected chi connectivity index (χ1v) is 16.2. The Bertz CT molecular complexity index is 1780. The van der Waals surface area contributed by atoms with Crippen LogP contribution in [0, 0.1) is 5.41 Å². The van der Waals surface area contributed by atoms with Crippen molar-refractivity contribution >= 4 is 45.4 Å². The number of rotatable bonds is 2. The molecule has 2 aliphatic rings. The highest BCUT2D eigenvalue weighted by Crippen LogP contribution is 2.34. The highest BCUT2D eigenvalue weighted by molar-refractivity contribution is 5.93. The molecule has 2 fully saturated rings. The molecule has 0 bridgehead atoms. The van der Waals surface area contributed by atoms with Crippen molar-refractivity contribution in [3.63, 3.8) is 0 Å². The van der Waals surface area contributed by atoms with Gasteiger partial charge in [-0.15, -0.1) is 0 Å². The molecule has 2 saturated heterocycles. The fourth-order valence-corrected chi connectivity index (χ4v) is 6.22. The Morgan fingerprint density at radius 1 is 0.729 bits per heavy atom. The van der Waals surface area contributed by atoms with Gasteiger partial charge in [0.2, 0.25) is 0 Å². The van der Waals surface area contributed by atoms with E-state index in [4.69, 9.17) is 4.74 Å². The molecule has 0 saturated carbocycles. The van der Waals surface area contributed by atoms with Crippen molar-refractivity contribution < 1.29 is 29.6 Å². The van der Waals surface area contributed by atoms with Gasteiger partial charge >= 0.3 is 12.2 Å². The van der Waals surface area contributed by atoms with Crippen LogP contribution < -0.4 is 9.80 Å². The molecule has 256 valence electrons. The molecule has 2 amide bonds. The average Bonchev–Trinajstić information content (AvgIpc) is 3.02. The predicted molar refractivity (Wildman–Crippen MR) is 187 cm³/mol. The average molecular weight is 659 g/mol.